The molecule has 1 saturated heterocycles. The quantitative estimate of drug-likeness (QED) is 0.219. The first-order valence-corrected chi connectivity index (χ1v) is 16.5. The third-order valence-corrected chi connectivity index (χ3v) is 8.59. The van der Waals surface area contributed by atoms with Gasteiger partial charge in [-0.25, -0.2) is 4.98 Å². The summed E-state index contributed by atoms with van der Waals surface area (Å²) in [4.78, 5) is 39.2. The fourth-order valence-corrected chi connectivity index (χ4v) is 5.96. The molecule has 2 aromatic rings. The first kappa shape index (κ1) is 34.4. The molecule has 2 aliphatic rings. The molecule has 248 valence electrons. The number of aromatic nitrogens is 2. The van der Waals surface area contributed by atoms with Gasteiger partial charge in [0.05, 0.1) is 31.7 Å². The predicted molar refractivity (Wildman–Crippen MR) is 177 cm³/mol. The molecule has 1 fully saturated rings. The van der Waals surface area contributed by atoms with Gasteiger partial charge in [-0.3, -0.25) is 9.59 Å². The molecular weight excluding hydrogens is 574 g/mol. The maximum atomic E-state index is 13.2. The van der Waals surface area contributed by atoms with Crippen molar-refractivity contribution in [2.45, 2.75) is 83.9 Å². The van der Waals surface area contributed by atoms with Gasteiger partial charge in [0, 0.05) is 38.4 Å². The Balaban J connectivity index is 1.30. The van der Waals surface area contributed by atoms with E-state index in [1.54, 1.807) is 43.5 Å². The van der Waals surface area contributed by atoms with Crippen LogP contribution in [0.3, 0.4) is 0 Å². The van der Waals surface area contributed by atoms with Crippen molar-refractivity contribution in [2.24, 2.45) is 0 Å². The third kappa shape index (κ3) is 8.83. The number of rotatable bonds is 17. The largest absolute Gasteiger partial charge is 0.495 e. The number of anilines is 4. The van der Waals surface area contributed by atoms with Gasteiger partial charge in [-0.2, -0.15) is 4.98 Å². The summed E-state index contributed by atoms with van der Waals surface area (Å²) in [6, 6.07) is 5.10. The van der Waals surface area contributed by atoms with Crippen molar-refractivity contribution in [3.63, 3.8) is 0 Å². The van der Waals surface area contributed by atoms with Gasteiger partial charge in [0.15, 0.2) is 5.82 Å². The van der Waals surface area contributed by atoms with Gasteiger partial charge in [0.1, 0.15) is 17.5 Å². The highest BCUT2D eigenvalue weighted by atomic mass is 16.5. The number of fused-ring (bicyclic) bond motifs is 1. The van der Waals surface area contributed by atoms with Crippen LogP contribution in [0.4, 0.5) is 23.1 Å². The molecule has 3 N–H and O–H groups in total. The van der Waals surface area contributed by atoms with Crippen LogP contribution in [0.25, 0.3) is 0 Å². The smallest absolute Gasteiger partial charge is 0.251 e. The normalized spacial score (nSPS) is 17.0. The van der Waals surface area contributed by atoms with Gasteiger partial charge in [0.2, 0.25) is 11.9 Å². The number of hydrogen-bond donors (Lipinski definition) is 3. The average Bonchev–Trinajstić information content (AvgIpc) is 3.07. The van der Waals surface area contributed by atoms with E-state index in [2.05, 4.69) is 39.7 Å². The second kappa shape index (κ2) is 17.3. The van der Waals surface area contributed by atoms with E-state index in [0.717, 1.165) is 64.0 Å². The number of benzene rings is 1. The Morgan fingerprint density at radius 1 is 1.11 bits per heavy atom. The fraction of sp³-hybridized carbons (Fsp3) is 0.636. The molecule has 0 bridgehead atoms. The number of piperidine rings is 1. The van der Waals surface area contributed by atoms with Gasteiger partial charge in [0.25, 0.3) is 5.91 Å². The minimum absolute atomic E-state index is 0.0525. The second-order valence-corrected chi connectivity index (χ2v) is 11.5. The summed E-state index contributed by atoms with van der Waals surface area (Å²) in [5.41, 5.74) is 1.79. The van der Waals surface area contributed by atoms with Crippen LogP contribution in [0.15, 0.2) is 24.4 Å². The molecule has 1 unspecified atom stereocenters. The Bertz CT molecular complexity index is 1250. The summed E-state index contributed by atoms with van der Waals surface area (Å²) in [6.45, 7) is 10.6. The lowest BCUT2D eigenvalue weighted by Crippen LogP contribution is -2.56. The highest BCUT2D eigenvalue weighted by molar-refractivity contribution is 6.04. The maximum absolute atomic E-state index is 13.2. The van der Waals surface area contributed by atoms with Gasteiger partial charge in [-0.15, -0.1) is 0 Å². The number of carbonyl (C=O) groups excluding carboxylic acids is 2. The van der Waals surface area contributed by atoms with Crippen molar-refractivity contribution >= 4 is 35.0 Å². The van der Waals surface area contributed by atoms with E-state index >= 15 is 0 Å². The van der Waals surface area contributed by atoms with Crippen molar-refractivity contribution in [1.82, 2.24) is 20.6 Å². The zero-order valence-electron chi connectivity index (χ0n) is 27.6. The monoisotopic (exact) mass is 625 g/mol. The number of unbranched alkanes of at least 4 members (excludes halogenated alkanes) is 1. The summed E-state index contributed by atoms with van der Waals surface area (Å²) in [7, 11) is 3.33. The van der Waals surface area contributed by atoms with Gasteiger partial charge in [-0.05, 0) is 76.2 Å². The lowest BCUT2D eigenvalue weighted by atomic mass is 10.0. The predicted octanol–water partition coefficient (Wildman–Crippen LogP) is 4.27. The molecule has 45 heavy (non-hydrogen) atoms. The van der Waals surface area contributed by atoms with E-state index in [4.69, 9.17) is 19.2 Å². The highest BCUT2D eigenvalue weighted by Gasteiger charge is 2.39. The van der Waals surface area contributed by atoms with Gasteiger partial charge >= 0.3 is 0 Å². The number of likely N-dealkylation sites (N-methyl/N-ethyl adjacent to an activating group) is 1. The zero-order chi connectivity index (χ0) is 32.2. The molecule has 2 amide bonds. The molecule has 3 heterocycles. The summed E-state index contributed by atoms with van der Waals surface area (Å²) in [5, 5.41) is 9.51. The van der Waals surface area contributed by atoms with Crippen LogP contribution in [0.5, 0.6) is 5.75 Å². The van der Waals surface area contributed by atoms with Gasteiger partial charge < -0.3 is 40.0 Å². The van der Waals surface area contributed by atoms with E-state index < -0.39 is 0 Å². The number of amides is 2. The summed E-state index contributed by atoms with van der Waals surface area (Å²) >= 11 is 0. The Kier molecular flexibility index (Phi) is 13.2. The molecule has 1 atom stereocenters. The molecule has 4 rings (SSSR count). The molecule has 0 spiro atoms. The van der Waals surface area contributed by atoms with Crippen molar-refractivity contribution in [3.8, 4) is 5.75 Å². The number of carbonyl (C=O) groups is 2. The molecule has 12 heteroatoms. The summed E-state index contributed by atoms with van der Waals surface area (Å²) in [6.07, 6.45) is 8.63. The van der Waals surface area contributed by atoms with E-state index in [1.807, 2.05) is 6.92 Å². The summed E-state index contributed by atoms with van der Waals surface area (Å²) < 4.78 is 17.2. The maximum Gasteiger partial charge on any atom is 0.251 e. The van der Waals surface area contributed by atoms with Gasteiger partial charge in [-0.1, -0.05) is 20.8 Å². The van der Waals surface area contributed by atoms with Crippen molar-refractivity contribution in [2.75, 3.05) is 68.7 Å². The van der Waals surface area contributed by atoms with Crippen LogP contribution in [-0.4, -0.2) is 93.6 Å². The standard InChI is InChI=1S/C33H51N7O5/c1-6-24(7-2)40-27(8-3)32(42)39(4)28-22-36-33(38-30(28)40)37-26-12-11-23(21-29(26)43-5)31(41)35-17-20-44-18-9-10-19-45-25-13-15-34-16-14-25/h11-12,21-22,24-25,27,34H,6-10,13-20H2,1-5H3,(H,35,41)(H,36,37,38). The number of ether oxygens (including phenoxy) is 3. The first-order valence-electron chi connectivity index (χ1n) is 16.5. The summed E-state index contributed by atoms with van der Waals surface area (Å²) in [5.74, 6) is 1.45. The van der Waals surface area contributed by atoms with Crippen molar-refractivity contribution in [3.05, 3.63) is 30.0 Å². The topological polar surface area (TPSA) is 130 Å². The SMILES string of the molecule is CCC(CC)N1c2nc(Nc3ccc(C(=O)NCCOCCCCOC4CCNCC4)cc3OC)ncc2N(C)C(=O)C1CC. The molecule has 1 aromatic carbocycles. The van der Waals surface area contributed by atoms with E-state index in [9.17, 15) is 9.59 Å². The van der Waals surface area contributed by atoms with Crippen LogP contribution >= 0.6 is 0 Å². The number of hydrogen-bond acceptors (Lipinski definition) is 10. The van der Waals surface area contributed by atoms with Crippen molar-refractivity contribution in [1.29, 1.82) is 0 Å². The lowest BCUT2D eigenvalue weighted by Gasteiger charge is -2.44. The molecule has 0 saturated carbocycles. The Morgan fingerprint density at radius 2 is 1.87 bits per heavy atom. The van der Waals surface area contributed by atoms with Crippen LogP contribution in [0.1, 0.15) is 76.1 Å². The van der Waals surface area contributed by atoms with E-state index in [-0.39, 0.29) is 23.9 Å². The average molecular weight is 626 g/mol. The minimum Gasteiger partial charge on any atom is -0.495 e. The molecule has 0 aliphatic carbocycles. The minimum atomic E-state index is -0.281. The van der Waals surface area contributed by atoms with Crippen LogP contribution < -0.4 is 30.5 Å². The Morgan fingerprint density at radius 3 is 2.58 bits per heavy atom. The lowest BCUT2D eigenvalue weighted by molar-refractivity contribution is -0.120. The highest BCUT2D eigenvalue weighted by Crippen LogP contribution is 2.38. The number of methoxy groups -OCH3 is 1. The van der Waals surface area contributed by atoms with E-state index in [1.165, 1.54) is 0 Å². The molecule has 1 aromatic heterocycles. The molecular formula is C33H51N7O5. The number of nitrogens with zero attached hydrogens (tertiary/aromatic N) is 4. The molecule has 2 aliphatic heterocycles. The zero-order valence-corrected chi connectivity index (χ0v) is 27.6. The van der Waals surface area contributed by atoms with Crippen LogP contribution in [-0.2, 0) is 14.3 Å². The molecule has 12 nitrogen and oxygen atoms in total. The first-order chi connectivity index (χ1) is 21.9. The van der Waals surface area contributed by atoms with Crippen LogP contribution in [0, 0.1) is 0 Å². The Labute approximate surface area is 267 Å². The van der Waals surface area contributed by atoms with Crippen molar-refractivity contribution < 1.29 is 23.8 Å². The number of nitrogens with one attached hydrogen (secondary N) is 3. The fourth-order valence-electron chi connectivity index (χ4n) is 5.96. The molecule has 0 radical (unpaired) electrons. The third-order valence-electron chi connectivity index (χ3n) is 8.59. The van der Waals surface area contributed by atoms with E-state index in [0.29, 0.717) is 60.9 Å². The second-order valence-electron chi connectivity index (χ2n) is 11.5. The van der Waals surface area contributed by atoms with Crippen LogP contribution in [0.2, 0.25) is 0 Å². The Hall–Kier alpha value is -3.48.